The topological polar surface area (TPSA) is 132 Å². The van der Waals surface area contributed by atoms with Crippen LogP contribution in [0.5, 0.6) is 0 Å². The highest BCUT2D eigenvalue weighted by Crippen LogP contribution is 2.27. The standard InChI is InChI=1S/C18H13FN6O4/c19-11-3-1-10(2-4-11)16-22-18-21-15(26)9-14(24(18)23-16)17(27)20-12-5-7-13(8-6-12)25(28)29/h1-8,14H,9H2,(H,20,27)(H,21,22,23,26). The number of hydrogen-bond donors (Lipinski definition) is 2. The van der Waals surface area contributed by atoms with Crippen LogP contribution in [0.25, 0.3) is 11.4 Å². The number of halogens is 1. The Balaban J connectivity index is 1.60. The molecule has 1 aliphatic rings. The van der Waals surface area contributed by atoms with E-state index >= 15 is 0 Å². The Kier molecular flexibility index (Phi) is 4.47. The van der Waals surface area contributed by atoms with Crippen molar-refractivity contribution in [2.24, 2.45) is 0 Å². The number of fused-ring (bicyclic) bond motifs is 1. The summed E-state index contributed by atoms with van der Waals surface area (Å²) in [7, 11) is 0. The molecule has 2 amide bonds. The third-order valence-corrected chi connectivity index (χ3v) is 4.31. The molecule has 2 N–H and O–H groups in total. The summed E-state index contributed by atoms with van der Waals surface area (Å²) in [6, 6.07) is 9.84. The van der Waals surface area contributed by atoms with Gasteiger partial charge < -0.3 is 5.32 Å². The number of hydrogen-bond acceptors (Lipinski definition) is 6. The van der Waals surface area contributed by atoms with Crippen molar-refractivity contribution in [2.75, 3.05) is 10.6 Å². The van der Waals surface area contributed by atoms with Crippen molar-refractivity contribution >= 4 is 29.1 Å². The van der Waals surface area contributed by atoms with Gasteiger partial charge in [0.05, 0.1) is 11.3 Å². The molecule has 11 heteroatoms. The lowest BCUT2D eigenvalue weighted by atomic mass is 10.1. The predicted molar refractivity (Wildman–Crippen MR) is 99.4 cm³/mol. The third-order valence-electron chi connectivity index (χ3n) is 4.31. The molecule has 0 saturated carbocycles. The van der Waals surface area contributed by atoms with Gasteiger partial charge in [0.2, 0.25) is 17.8 Å². The Hall–Kier alpha value is -4.15. The van der Waals surface area contributed by atoms with E-state index in [0.29, 0.717) is 11.3 Å². The normalized spacial score (nSPS) is 15.3. The van der Waals surface area contributed by atoms with E-state index in [-0.39, 0.29) is 23.9 Å². The minimum absolute atomic E-state index is 0.101. The van der Waals surface area contributed by atoms with Gasteiger partial charge in [-0.1, -0.05) is 0 Å². The number of carbonyl (C=O) groups is 2. The lowest BCUT2D eigenvalue weighted by Gasteiger charge is -2.22. The first-order valence-electron chi connectivity index (χ1n) is 8.48. The van der Waals surface area contributed by atoms with Gasteiger partial charge in [-0.25, -0.2) is 9.07 Å². The van der Waals surface area contributed by atoms with E-state index in [9.17, 15) is 24.1 Å². The minimum atomic E-state index is -0.962. The van der Waals surface area contributed by atoms with Crippen molar-refractivity contribution in [3.05, 3.63) is 64.5 Å². The molecular weight excluding hydrogens is 383 g/mol. The van der Waals surface area contributed by atoms with Gasteiger partial charge in [0.15, 0.2) is 5.82 Å². The zero-order valence-corrected chi connectivity index (χ0v) is 14.7. The molecular formula is C18H13FN6O4. The van der Waals surface area contributed by atoms with Crippen LogP contribution < -0.4 is 10.6 Å². The van der Waals surface area contributed by atoms with Crippen molar-refractivity contribution in [2.45, 2.75) is 12.5 Å². The monoisotopic (exact) mass is 396 g/mol. The van der Waals surface area contributed by atoms with Crippen LogP contribution in [-0.4, -0.2) is 31.5 Å². The molecule has 1 aromatic heterocycles. The number of aromatic nitrogens is 3. The average Bonchev–Trinajstić information content (AvgIpc) is 3.12. The predicted octanol–water partition coefficient (Wildman–Crippen LogP) is 2.51. The first kappa shape index (κ1) is 18.2. The highest BCUT2D eigenvalue weighted by molar-refractivity contribution is 6.00. The zero-order valence-electron chi connectivity index (χ0n) is 14.7. The maximum atomic E-state index is 13.1. The molecule has 0 aliphatic carbocycles. The lowest BCUT2D eigenvalue weighted by Crippen LogP contribution is -2.36. The fourth-order valence-electron chi connectivity index (χ4n) is 2.88. The summed E-state index contributed by atoms with van der Waals surface area (Å²) in [5, 5.41) is 20.2. The van der Waals surface area contributed by atoms with E-state index in [1.807, 2.05) is 0 Å². The molecule has 146 valence electrons. The molecule has 29 heavy (non-hydrogen) atoms. The fraction of sp³-hybridized carbons (Fsp3) is 0.111. The van der Waals surface area contributed by atoms with Gasteiger partial charge in [-0.15, -0.1) is 5.10 Å². The molecule has 0 radical (unpaired) electrons. The molecule has 0 fully saturated rings. The molecule has 0 saturated heterocycles. The van der Waals surface area contributed by atoms with Crippen molar-refractivity contribution < 1.29 is 18.9 Å². The number of nitro benzene ring substituents is 1. The van der Waals surface area contributed by atoms with Crippen molar-refractivity contribution in [3.8, 4) is 11.4 Å². The van der Waals surface area contributed by atoms with Gasteiger partial charge >= 0.3 is 0 Å². The molecule has 4 rings (SSSR count). The number of non-ortho nitro benzene ring substituents is 1. The molecule has 0 spiro atoms. The molecule has 2 heterocycles. The highest BCUT2D eigenvalue weighted by atomic mass is 19.1. The number of nitrogens with one attached hydrogen (secondary N) is 2. The minimum Gasteiger partial charge on any atom is -0.324 e. The van der Waals surface area contributed by atoms with E-state index in [1.54, 1.807) is 0 Å². The summed E-state index contributed by atoms with van der Waals surface area (Å²) in [5.74, 6) is -1.00. The summed E-state index contributed by atoms with van der Waals surface area (Å²) in [5.41, 5.74) is 0.756. The van der Waals surface area contributed by atoms with E-state index in [2.05, 4.69) is 20.7 Å². The van der Waals surface area contributed by atoms with Gasteiger partial charge in [-0.05, 0) is 36.4 Å². The van der Waals surface area contributed by atoms with Gasteiger partial charge in [-0.3, -0.25) is 25.0 Å². The Morgan fingerprint density at radius 2 is 1.90 bits per heavy atom. The molecule has 10 nitrogen and oxygen atoms in total. The largest absolute Gasteiger partial charge is 0.324 e. The number of benzene rings is 2. The van der Waals surface area contributed by atoms with E-state index in [1.165, 1.54) is 53.2 Å². The number of amides is 2. The van der Waals surface area contributed by atoms with E-state index in [4.69, 9.17) is 0 Å². The molecule has 1 atom stereocenters. The van der Waals surface area contributed by atoms with E-state index < -0.39 is 28.6 Å². The van der Waals surface area contributed by atoms with Crippen molar-refractivity contribution in [1.29, 1.82) is 0 Å². The zero-order chi connectivity index (χ0) is 20.5. The van der Waals surface area contributed by atoms with Crippen LogP contribution in [0.2, 0.25) is 0 Å². The van der Waals surface area contributed by atoms with Gasteiger partial charge in [0.1, 0.15) is 11.9 Å². The van der Waals surface area contributed by atoms with Crippen LogP contribution >= 0.6 is 0 Å². The van der Waals surface area contributed by atoms with Crippen LogP contribution in [0, 0.1) is 15.9 Å². The Bertz CT molecular complexity index is 1110. The maximum Gasteiger partial charge on any atom is 0.269 e. The maximum absolute atomic E-state index is 13.1. The van der Waals surface area contributed by atoms with Crippen LogP contribution in [0.1, 0.15) is 12.5 Å². The van der Waals surface area contributed by atoms with Crippen LogP contribution in [0.15, 0.2) is 48.5 Å². The smallest absolute Gasteiger partial charge is 0.269 e. The number of rotatable bonds is 4. The van der Waals surface area contributed by atoms with Gasteiger partial charge in [0, 0.05) is 23.4 Å². The van der Waals surface area contributed by atoms with Crippen molar-refractivity contribution in [1.82, 2.24) is 14.8 Å². The second kappa shape index (κ2) is 7.11. The summed E-state index contributed by atoms with van der Waals surface area (Å²) in [4.78, 5) is 39.1. The molecule has 1 unspecified atom stereocenters. The quantitative estimate of drug-likeness (QED) is 0.514. The van der Waals surface area contributed by atoms with Gasteiger partial charge in [0.25, 0.3) is 5.69 Å². The Labute approximate surface area is 162 Å². The summed E-state index contributed by atoms with van der Waals surface area (Å²) < 4.78 is 14.4. The lowest BCUT2D eigenvalue weighted by molar-refractivity contribution is -0.384. The summed E-state index contributed by atoms with van der Waals surface area (Å²) >= 11 is 0. The number of nitro groups is 1. The molecule has 1 aliphatic heterocycles. The number of anilines is 2. The molecule has 3 aromatic rings. The number of nitrogens with zero attached hydrogens (tertiary/aromatic N) is 4. The van der Waals surface area contributed by atoms with Crippen LogP contribution in [-0.2, 0) is 9.59 Å². The summed E-state index contributed by atoms with van der Waals surface area (Å²) in [6.45, 7) is 0. The summed E-state index contributed by atoms with van der Waals surface area (Å²) in [6.07, 6.45) is -0.155. The Morgan fingerprint density at radius 3 is 2.55 bits per heavy atom. The molecule has 2 aromatic carbocycles. The SMILES string of the molecule is O=C1CC(C(=O)Nc2ccc([N+](=O)[O-])cc2)n2nc(-c3ccc(F)cc3)nc2N1. The van der Waals surface area contributed by atoms with Crippen LogP contribution in [0.3, 0.4) is 0 Å². The second-order valence-corrected chi connectivity index (χ2v) is 6.27. The average molecular weight is 396 g/mol. The van der Waals surface area contributed by atoms with Crippen LogP contribution in [0.4, 0.5) is 21.7 Å². The highest BCUT2D eigenvalue weighted by Gasteiger charge is 2.33. The first-order valence-corrected chi connectivity index (χ1v) is 8.48. The number of carbonyl (C=O) groups excluding carboxylic acids is 2. The second-order valence-electron chi connectivity index (χ2n) is 6.27. The van der Waals surface area contributed by atoms with E-state index in [0.717, 1.165) is 0 Å². The fourth-order valence-corrected chi connectivity index (χ4v) is 2.88. The first-order chi connectivity index (χ1) is 13.9. The third kappa shape index (κ3) is 3.65. The molecule has 0 bridgehead atoms. The Morgan fingerprint density at radius 1 is 1.21 bits per heavy atom. The van der Waals surface area contributed by atoms with Crippen molar-refractivity contribution in [3.63, 3.8) is 0 Å². The van der Waals surface area contributed by atoms with Gasteiger partial charge in [-0.2, -0.15) is 4.98 Å².